The van der Waals surface area contributed by atoms with Crippen LogP contribution >= 0.6 is 0 Å². The van der Waals surface area contributed by atoms with Crippen molar-refractivity contribution in [3.63, 3.8) is 0 Å². The van der Waals surface area contributed by atoms with Crippen LogP contribution in [0.5, 0.6) is 5.75 Å². The van der Waals surface area contributed by atoms with Gasteiger partial charge in [0.1, 0.15) is 18.0 Å². The average molecular weight is 351 g/mol. The molecule has 1 aromatic carbocycles. The SMILES string of the molecule is O=C(O)c1cc2n3c(c(C4CCCCC4)n2n1)-c1ccccc1OCC3. The quantitative estimate of drug-likeness (QED) is 0.759. The highest BCUT2D eigenvalue weighted by Gasteiger charge is 2.31. The summed E-state index contributed by atoms with van der Waals surface area (Å²) in [4.78, 5) is 11.5. The number of hydrogen-bond donors (Lipinski definition) is 1. The van der Waals surface area contributed by atoms with Gasteiger partial charge in [-0.1, -0.05) is 31.4 Å². The first kappa shape index (κ1) is 15.5. The molecule has 1 aliphatic carbocycles. The number of fused-ring (bicyclic) bond motifs is 5. The summed E-state index contributed by atoms with van der Waals surface area (Å²) < 4.78 is 10.0. The molecule has 0 bridgehead atoms. The highest BCUT2D eigenvalue weighted by Crippen LogP contribution is 2.43. The number of aromatic carboxylic acids is 1. The van der Waals surface area contributed by atoms with Gasteiger partial charge in [-0.25, -0.2) is 9.31 Å². The lowest BCUT2D eigenvalue weighted by Crippen LogP contribution is -2.10. The fourth-order valence-electron chi connectivity index (χ4n) is 4.49. The lowest BCUT2D eigenvalue weighted by atomic mass is 9.85. The van der Waals surface area contributed by atoms with E-state index in [2.05, 4.69) is 15.7 Å². The Morgan fingerprint density at radius 1 is 1.19 bits per heavy atom. The van der Waals surface area contributed by atoms with Gasteiger partial charge in [0.2, 0.25) is 0 Å². The number of rotatable bonds is 2. The van der Waals surface area contributed by atoms with Crippen LogP contribution in [0.2, 0.25) is 0 Å². The van der Waals surface area contributed by atoms with Crippen molar-refractivity contribution in [3.8, 4) is 17.0 Å². The van der Waals surface area contributed by atoms with Gasteiger partial charge < -0.3 is 14.4 Å². The van der Waals surface area contributed by atoms with E-state index in [-0.39, 0.29) is 5.69 Å². The van der Waals surface area contributed by atoms with Crippen molar-refractivity contribution in [1.82, 2.24) is 14.2 Å². The molecule has 2 aliphatic rings. The second-order valence-electron chi connectivity index (χ2n) is 7.17. The molecule has 1 aliphatic heterocycles. The largest absolute Gasteiger partial charge is 0.491 e. The number of aromatic nitrogens is 3. The molecule has 5 rings (SSSR count). The van der Waals surface area contributed by atoms with Crippen LogP contribution in [0, 0.1) is 0 Å². The van der Waals surface area contributed by atoms with Gasteiger partial charge in [-0.3, -0.25) is 0 Å². The number of hydrogen-bond acceptors (Lipinski definition) is 3. The normalized spacial score (nSPS) is 17.4. The third-order valence-electron chi connectivity index (χ3n) is 5.63. The molecule has 6 heteroatoms. The van der Waals surface area contributed by atoms with E-state index < -0.39 is 5.97 Å². The van der Waals surface area contributed by atoms with Crippen LogP contribution in [0.15, 0.2) is 30.3 Å². The Morgan fingerprint density at radius 3 is 2.81 bits per heavy atom. The zero-order valence-corrected chi connectivity index (χ0v) is 14.5. The first-order valence-electron chi connectivity index (χ1n) is 9.31. The number of carboxylic acid groups (broad SMARTS) is 1. The number of carbonyl (C=O) groups is 1. The monoisotopic (exact) mass is 351 g/mol. The number of para-hydroxylation sites is 1. The van der Waals surface area contributed by atoms with Crippen LogP contribution in [-0.4, -0.2) is 31.9 Å². The summed E-state index contributed by atoms with van der Waals surface area (Å²) in [5, 5.41) is 13.9. The molecular weight excluding hydrogens is 330 g/mol. The number of carboxylic acids is 1. The molecule has 0 amide bonds. The molecule has 0 unspecified atom stereocenters. The fourth-order valence-corrected chi connectivity index (χ4v) is 4.49. The van der Waals surface area contributed by atoms with E-state index in [1.165, 1.54) is 19.3 Å². The molecule has 1 saturated carbocycles. The molecule has 0 radical (unpaired) electrons. The third kappa shape index (κ3) is 2.25. The van der Waals surface area contributed by atoms with Crippen LogP contribution in [0.1, 0.15) is 54.2 Å². The molecule has 1 fully saturated rings. The minimum Gasteiger partial charge on any atom is -0.491 e. The number of imidazole rings is 1. The smallest absolute Gasteiger partial charge is 0.356 e. The molecule has 0 saturated heterocycles. The lowest BCUT2D eigenvalue weighted by molar-refractivity contribution is 0.0690. The van der Waals surface area contributed by atoms with Crippen molar-refractivity contribution in [2.75, 3.05) is 6.61 Å². The Bertz CT molecular complexity index is 995. The first-order valence-corrected chi connectivity index (χ1v) is 9.31. The van der Waals surface area contributed by atoms with E-state index in [0.29, 0.717) is 19.1 Å². The Kier molecular flexibility index (Phi) is 3.51. The Balaban J connectivity index is 1.82. The van der Waals surface area contributed by atoms with E-state index in [4.69, 9.17) is 4.74 Å². The minimum absolute atomic E-state index is 0.103. The van der Waals surface area contributed by atoms with Gasteiger partial charge >= 0.3 is 5.97 Å². The second kappa shape index (κ2) is 5.90. The van der Waals surface area contributed by atoms with Crippen LogP contribution in [0.3, 0.4) is 0 Å². The van der Waals surface area contributed by atoms with Gasteiger partial charge in [-0.2, -0.15) is 5.10 Å². The lowest BCUT2D eigenvalue weighted by Gasteiger charge is -2.22. The van der Waals surface area contributed by atoms with Crippen molar-refractivity contribution in [1.29, 1.82) is 0 Å². The highest BCUT2D eigenvalue weighted by atomic mass is 16.5. The van der Waals surface area contributed by atoms with Gasteiger partial charge in [-0.05, 0) is 25.0 Å². The maximum atomic E-state index is 11.5. The van der Waals surface area contributed by atoms with Crippen LogP contribution in [0.25, 0.3) is 16.9 Å². The van der Waals surface area contributed by atoms with Gasteiger partial charge in [0.25, 0.3) is 0 Å². The third-order valence-corrected chi connectivity index (χ3v) is 5.63. The summed E-state index contributed by atoms with van der Waals surface area (Å²) in [7, 11) is 0. The summed E-state index contributed by atoms with van der Waals surface area (Å²) in [6.07, 6.45) is 5.94. The summed E-state index contributed by atoms with van der Waals surface area (Å²) in [6, 6.07) is 9.81. The molecule has 3 heterocycles. The van der Waals surface area contributed by atoms with E-state index >= 15 is 0 Å². The Hall–Kier alpha value is -2.76. The van der Waals surface area contributed by atoms with Crippen molar-refractivity contribution >= 4 is 11.6 Å². The zero-order valence-electron chi connectivity index (χ0n) is 14.5. The molecule has 3 aromatic rings. The molecule has 1 N–H and O–H groups in total. The standard InChI is InChI=1S/C20H21N3O3/c24-20(25)15-12-17-22-10-11-26-16-9-5-4-8-14(16)19(22)18(23(17)21-15)13-6-2-1-3-7-13/h4-5,8-9,12-13H,1-3,6-7,10-11H2,(H,24,25). The van der Waals surface area contributed by atoms with Gasteiger partial charge in [-0.15, -0.1) is 0 Å². The number of benzene rings is 1. The van der Waals surface area contributed by atoms with Crippen molar-refractivity contribution in [2.24, 2.45) is 0 Å². The number of nitrogens with zero attached hydrogens (tertiary/aromatic N) is 3. The zero-order chi connectivity index (χ0) is 17.7. The van der Waals surface area contributed by atoms with Crippen LogP contribution in [0.4, 0.5) is 0 Å². The predicted octanol–water partition coefficient (Wildman–Crippen LogP) is 3.94. The first-order chi connectivity index (χ1) is 12.7. The van der Waals surface area contributed by atoms with E-state index in [1.807, 2.05) is 22.7 Å². The molecular formula is C20H21N3O3. The molecule has 0 spiro atoms. The van der Waals surface area contributed by atoms with Crippen LogP contribution < -0.4 is 4.74 Å². The van der Waals surface area contributed by atoms with Gasteiger partial charge in [0.15, 0.2) is 5.69 Å². The molecule has 6 nitrogen and oxygen atoms in total. The van der Waals surface area contributed by atoms with E-state index in [9.17, 15) is 9.90 Å². The number of ether oxygens (including phenoxy) is 1. The Morgan fingerprint density at radius 2 is 2.00 bits per heavy atom. The summed E-state index contributed by atoms with van der Waals surface area (Å²) in [5.41, 5.74) is 4.31. The maximum absolute atomic E-state index is 11.5. The van der Waals surface area contributed by atoms with E-state index in [0.717, 1.165) is 41.2 Å². The minimum atomic E-state index is -0.983. The summed E-state index contributed by atoms with van der Waals surface area (Å²) in [6.45, 7) is 1.25. The van der Waals surface area contributed by atoms with Gasteiger partial charge in [0.05, 0.1) is 17.9 Å². The van der Waals surface area contributed by atoms with Crippen molar-refractivity contribution in [2.45, 2.75) is 44.6 Å². The Labute approximate surface area is 151 Å². The molecule has 134 valence electrons. The van der Waals surface area contributed by atoms with E-state index in [1.54, 1.807) is 6.07 Å². The highest BCUT2D eigenvalue weighted by molar-refractivity contribution is 5.87. The van der Waals surface area contributed by atoms with Gasteiger partial charge in [0, 0.05) is 17.5 Å². The molecule has 26 heavy (non-hydrogen) atoms. The molecule has 0 atom stereocenters. The topological polar surface area (TPSA) is 68.8 Å². The fraction of sp³-hybridized carbons (Fsp3) is 0.400. The van der Waals surface area contributed by atoms with Crippen molar-refractivity contribution in [3.05, 3.63) is 41.7 Å². The van der Waals surface area contributed by atoms with Crippen molar-refractivity contribution < 1.29 is 14.6 Å². The van der Waals surface area contributed by atoms with Crippen LogP contribution in [-0.2, 0) is 6.54 Å². The summed E-state index contributed by atoms with van der Waals surface area (Å²) >= 11 is 0. The predicted molar refractivity (Wildman–Crippen MR) is 96.9 cm³/mol. The summed E-state index contributed by atoms with van der Waals surface area (Å²) in [5.74, 6) is 0.306. The maximum Gasteiger partial charge on any atom is 0.356 e. The second-order valence-corrected chi connectivity index (χ2v) is 7.17. The molecule has 2 aromatic heterocycles. The average Bonchev–Trinajstić information content (AvgIpc) is 3.15.